The van der Waals surface area contributed by atoms with E-state index in [1.165, 1.54) is 0 Å². The van der Waals surface area contributed by atoms with E-state index in [2.05, 4.69) is 10.3 Å². The minimum absolute atomic E-state index is 0.0359. The number of aromatic nitrogens is 1. The second-order valence-corrected chi connectivity index (χ2v) is 6.93. The molecule has 0 radical (unpaired) electrons. The molecule has 2 saturated heterocycles. The number of rotatable bonds is 5. The Kier molecular flexibility index (Phi) is 4.78. The molecule has 0 atom stereocenters. The topological polar surface area (TPSA) is 90.0 Å². The lowest BCUT2D eigenvalue weighted by Crippen LogP contribution is -2.48. The van der Waals surface area contributed by atoms with Crippen LogP contribution >= 0.6 is 0 Å². The summed E-state index contributed by atoms with van der Waals surface area (Å²) in [5.74, 6) is -0.0228. The molecule has 0 unspecified atom stereocenters. The Morgan fingerprint density at radius 1 is 1.23 bits per heavy atom. The zero-order chi connectivity index (χ0) is 18.0. The van der Waals surface area contributed by atoms with Crippen LogP contribution in [0.4, 0.5) is 5.69 Å². The number of carbonyl (C=O) groups excluding carboxylic acids is 2. The van der Waals surface area contributed by atoms with Crippen molar-refractivity contribution >= 4 is 17.5 Å². The highest BCUT2D eigenvalue weighted by molar-refractivity contribution is 5.93. The van der Waals surface area contributed by atoms with Crippen LogP contribution in [0.15, 0.2) is 18.3 Å². The lowest BCUT2D eigenvalue weighted by Gasteiger charge is -2.37. The molecule has 3 heterocycles. The SMILES string of the molecule is O=C(Nc1ccc(OCC(=O)N2CCC3(CC2)OCCO3)nc1)C1CC1. The number of hydrogen-bond acceptors (Lipinski definition) is 6. The second-order valence-electron chi connectivity index (χ2n) is 6.93. The van der Waals surface area contributed by atoms with Crippen molar-refractivity contribution in [2.45, 2.75) is 31.5 Å². The molecule has 4 rings (SSSR count). The van der Waals surface area contributed by atoms with Crippen molar-refractivity contribution in [1.82, 2.24) is 9.88 Å². The van der Waals surface area contributed by atoms with E-state index in [1.54, 1.807) is 23.2 Å². The molecule has 0 aromatic carbocycles. The summed E-state index contributed by atoms with van der Waals surface area (Å²) in [6.45, 7) is 2.39. The van der Waals surface area contributed by atoms with Gasteiger partial charge in [0, 0.05) is 37.9 Å². The lowest BCUT2D eigenvalue weighted by atomic mass is 10.0. The van der Waals surface area contributed by atoms with Crippen molar-refractivity contribution in [2.24, 2.45) is 5.92 Å². The van der Waals surface area contributed by atoms with E-state index in [0.717, 1.165) is 12.8 Å². The molecule has 1 saturated carbocycles. The fraction of sp³-hybridized carbons (Fsp3) is 0.611. The Morgan fingerprint density at radius 2 is 1.96 bits per heavy atom. The highest BCUT2D eigenvalue weighted by Crippen LogP contribution is 2.31. The first kappa shape index (κ1) is 17.2. The van der Waals surface area contributed by atoms with E-state index in [0.29, 0.717) is 50.7 Å². The van der Waals surface area contributed by atoms with E-state index in [-0.39, 0.29) is 24.3 Å². The summed E-state index contributed by atoms with van der Waals surface area (Å²) >= 11 is 0. The summed E-state index contributed by atoms with van der Waals surface area (Å²) in [7, 11) is 0. The van der Waals surface area contributed by atoms with Crippen molar-refractivity contribution in [2.75, 3.05) is 38.2 Å². The number of likely N-dealkylation sites (tertiary alicyclic amines) is 1. The van der Waals surface area contributed by atoms with Crippen LogP contribution in [0.1, 0.15) is 25.7 Å². The largest absolute Gasteiger partial charge is 0.468 e. The molecular weight excluding hydrogens is 338 g/mol. The van der Waals surface area contributed by atoms with Gasteiger partial charge in [-0.1, -0.05) is 0 Å². The quantitative estimate of drug-likeness (QED) is 0.847. The molecular formula is C18H23N3O5. The predicted molar refractivity (Wildman–Crippen MR) is 91.5 cm³/mol. The third kappa shape index (κ3) is 3.96. The molecule has 1 aromatic rings. The zero-order valence-electron chi connectivity index (χ0n) is 14.6. The molecule has 3 aliphatic rings. The third-order valence-electron chi connectivity index (χ3n) is 4.99. The first-order chi connectivity index (χ1) is 12.6. The number of ether oxygens (including phenoxy) is 3. The van der Waals surface area contributed by atoms with Crippen LogP contribution < -0.4 is 10.1 Å². The van der Waals surface area contributed by atoms with Gasteiger partial charge in [0.15, 0.2) is 12.4 Å². The smallest absolute Gasteiger partial charge is 0.260 e. The molecule has 1 aromatic heterocycles. The van der Waals surface area contributed by atoms with Gasteiger partial charge in [0.1, 0.15) is 0 Å². The highest BCUT2D eigenvalue weighted by Gasteiger charge is 2.40. The summed E-state index contributed by atoms with van der Waals surface area (Å²) < 4.78 is 16.8. The Balaban J connectivity index is 1.22. The third-order valence-corrected chi connectivity index (χ3v) is 4.99. The minimum Gasteiger partial charge on any atom is -0.468 e. The molecule has 2 aliphatic heterocycles. The van der Waals surface area contributed by atoms with Crippen LogP contribution in [0.5, 0.6) is 5.88 Å². The van der Waals surface area contributed by atoms with Gasteiger partial charge in [-0.3, -0.25) is 9.59 Å². The number of pyridine rings is 1. The van der Waals surface area contributed by atoms with Gasteiger partial charge in [-0.15, -0.1) is 0 Å². The van der Waals surface area contributed by atoms with Gasteiger partial charge in [-0.2, -0.15) is 0 Å². The van der Waals surface area contributed by atoms with Crippen LogP contribution in [-0.2, 0) is 19.1 Å². The molecule has 8 nitrogen and oxygen atoms in total. The van der Waals surface area contributed by atoms with Crippen molar-refractivity contribution in [1.29, 1.82) is 0 Å². The van der Waals surface area contributed by atoms with Gasteiger partial charge in [-0.05, 0) is 18.9 Å². The molecule has 0 bridgehead atoms. The summed E-state index contributed by atoms with van der Waals surface area (Å²) in [5, 5.41) is 2.82. The molecule has 140 valence electrons. The molecule has 1 aliphatic carbocycles. The van der Waals surface area contributed by atoms with Gasteiger partial charge >= 0.3 is 0 Å². The van der Waals surface area contributed by atoms with Gasteiger partial charge in [0.25, 0.3) is 5.91 Å². The maximum atomic E-state index is 12.3. The Labute approximate surface area is 151 Å². The predicted octanol–water partition coefficient (Wildman–Crippen LogP) is 1.17. The van der Waals surface area contributed by atoms with Crippen molar-refractivity contribution in [3.05, 3.63) is 18.3 Å². The maximum absolute atomic E-state index is 12.3. The summed E-state index contributed by atoms with van der Waals surface area (Å²) in [6.07, 6.45) is 4.83. The van der Waals surface area contributed by atoms with Crippen LogP contribution in [0.2, 0.25) is 0 Å². The van der Waals surface area contributed by atoms with Crippen molar-refractivity contribution in [3.8, 4) is 5.88 Å². The van der Waals surface area contributed by atoms with Crippen LogP contribution in [0.25, 0.3) is 0 Å². The number of piperidine rings is 1. The number of nitrogens with zero attached hydrogens (tertiary/aromatic N) is 2. The van der Waals surface area contributed by atoms with Crippen molar-refractivity contribution in [3.63, 3.8) is 0 Å². The Bertz CT molecular complexity index is 658. The van der Waals surface area contributed by atoms with Crippen LogP contribution in [0, 0.1) is 5.92 Å². The number of anilines is 1. The van der Waals surface area contributed by atoms with Gasteiger partial charge in [-0.25, -0.2) is 4.98 Å². The highest BCUT2D eigenvalue weighted by atomic mass is 16.7. The molecule has 2 amide bonds. The fourth-order valence-electron chi connectivity index (χ4n) is 3.24. The normalized spacial score (nSPS) is 21.6. The number of hydrogen-bond donors (Lipinski definition) is 1. The van der Waals surface area contributed by atoms with Crippen LogP contribution in [-0.4, -0.2) is 60.4 Å². The fourth-order valence-corrected chi connectivity index (χ4v) is 3.24. The summed E-state index contributed by atoms with van der Waals surface area (Å²) in [6, 6.07) is 3.38. The Hall–Kier alpha value is -2.19. The molecule has 8 heteroatoms. The van der Waals surface area contributed by atoms with E-state index in [1.807, 2.05) is 0 Å². The standard InChI is InChI=1S/C18H23N3O5/c22-16(21-7-5-18(6-8-21)25-9-10-26-18)12-24-15-4-3-14(11-19-15)20-17(23)13-1-2-13/h3-4,11,13H,1-2,5-10,12H2,(H,20,23). The molecule has 1 N–H and O–H groups in total. The van der Waals surface area contributed by atoms with E-state index in [9.17, 15) is 9.59 Å². The van der Waals surface area contributed by atoms with Crippen LogP contribution in [0.3, 0.4) is 0 Å². The van der Waals surface area contributed by atoms with Gasteiger partial charge in [0.05, 0.1) is 25.1 Å². The number of carbonyl (C=O) groups is 2. The summed E-state index contributed by atoms with van der Waals surface area (Å²) in [5.41, 5.74) is 0.637. The van der Waals surface area contributed by atoms with Crippen molar-refractivity contribution < 1.29 is 23.8 Å². The molecule has 3 fully saturated rings. The first-order valence-corrected chi connectivity index (χ1v) is 9.09. The van der Waals surface area contributed by atoms with E-state index >= 15 is 0 Å². The van der Waals surface area contributed by atoms with E-state index < -0.39 is 5.79 Å². The first-order valence-electron chi connectivity index (χ1n) is 9.09. The van der Waals surface area contributed by atoms with Gasteiger partial charge in [0.2, 0.25) is 11.8 Å². The number of nitrogens with one attached hydrogen (secondary N) is 1. The molecule has 1 spiro atoms. The number of amides is 2. The maximum Gasteiger partial charge on any atom is 0.260 e. The van der Waals surface area contributed by atoms with Gasteiger partial charge < -0.3 is 24.4 Å². The minimum atomic E-state index is -0.486. The molecule has 26 heavy (non-hydrogen) atoms. The second kappa shape index (κ2) is 7.20. The average Bonchev–Trinajstić information content (AvgIpc) is 3.43. The summed E-state index contributed by atoms with van der Waals surface area (Å²) in [4.78, 5) is 29.9. The lowest BCUT2D eigenvalue weighted by molar-refractivity contribution is -0.187. The monoisotopic (exact) mass is 361 g/mol. The Morgan fingerprint density at radius 3 is 2.58 bits per heavy atom. The zero-order valence-corrected chi connectivity index (χ0v) is 14.6. The average molecular weight is 361 g/mol. The van der Waals surface area contributed by atoms with E-state index in [4.69, 9.17) is 14.2 Å².